The van der Waals surface area contributed by atoms with Gasteiger partial charge in [0.1, 0.15) is 5.69 Å². The van der Waals surface area contributed by atoms with Crippen molar-refractivity contribution in [2.45, 2.75) is 13.0 Å². The van der Waals surface area contributed by atoms with E-state index in [1.54, 1.807) is 6.07 Å². The molecule has 3 N–H and O–H groups in total. The van der Waals surface area contributed by atoms with Gasteiger partial charge in [0.15, 0.2) is 0 Å². The number of carbonyl (C=O) groups is 1. The molecule has 1 heterocycles. The standard InChI is InChI=1S/C12H16N4O3/c1-2-14-12(17)8-3-4-10(16(18)19)11(5-8)15-6-9(13)7-15/h3-5,9H,2,6-7,13H2,1H3,(H,14,17). The summed E-state index contributed by atoms with van der Waals surface area (Å²) >= 11 is 0. The summed E-state index contributed by atoms with van der Waals surface area (Å²) in [7, 11) is 0. The van der Waals surface area contributed by atoms with E-state index >= 15 is 0 Å². The lowest BCUT2D eigenvalue weighted by Crippen LogP contribution is -2.56. The van der Waals surface area contributed by atoms with Crippen LogP contribution in [0.25, 0.3) is 0 Å². The molecule has 1 saturated heterocycles. The van der Waals surface area contributed by atoms with Gasteiger partial charge < -0.3 is 16.0 Å². The molecule has 0 spiro atoms. The Balaban J connectivity index is 2.33. The van der Waals surface area contributed by atoms with Gasteiger partial charge in [0.05, 0.1) is 4.92 Å². The second-order valence-corrected chi connectivity index (χ2v) is 4.49. The zero-order valence-corrected chi connectivity index (χ0v) is 10.6. The molecule has 2 rings (SSSR count). The van der Waals surface area contributed by atoms with Gasteiger partial charge in [-0.15, -0.1) is 0 Å². The number of nitrogens with zero attached hydrogens (tertiary/aromatic N) is 2. The first-order chi connectivity index (χ1) is 9.02. The quantitative estimate of drug-likeness (QED) is 0.608. The lowest BCUT2D eigenvalue weighted by atomic mass is 10.1. The zero-order valence-electron chi connectivity index (χ0n) is 10.6. The molecular weight excluding hydrogens is 248 g/mol. The summed E-state index contributed by atoms with van der Waals surface area (Å²) in [4.78, 5) is 24.1. The Morgan fingerprint density at radius 2 is 2.26 bits per heavy atom. The molecule has 1 aliphatic heterocycles. The van der Waals surface area contributed by atoms with Crippen molar-refractivity contribution in [3.8, 4) is 0 Å². The molecule has 0 aliphatic carbocycles. The van der Waals surface area contributed by atoms with E-state index in [1.807, 2.05) is 11.8 Å². The predicted octanol–water partition coefficient (Wildman–Crippen LogP) is 0.492. The van der Waals surface area contributed by atoms with E-state index in [4.69, 9.17) is 5.73 Å². The molecule has 0 unspecified atom stereocenters. The predicted molar refractivity (Wildman–Crippen MR) is 71.3 cm³/mol. The molecule has 0 bridgehead atoms. The van der Waals surface area contributed by atoms with Crippen LogP contribution in [0.3, 0.4) is 0 Å². The highest BCUT2D eigenvalue weighted by atomic mass is 16.6. The average molecular weight is 264 g/mol. The van der Waals surface area contributed by atoms with Crippen molar-refractivity contribution < 1.29 is 9.72 Å². The van der Waals surface area contributed by atoms with Crippen LogP contribution in [0.5, 0.6) is 0 Å². The van der Waals surface area contributed by atoms with Crippen LogP contribution in [0.1, 0.15) is 17.3 Å². The smallest absolute Gasteiger partial charge is 0.292 e. The van der Waals surface area contributed by atoms with Gasteiger partial charge in [0, 0.05) is 37.3 Å². The minimum absolute atomic E-state index is 0.0000477. The molecule has 0 radical (unpaired) electrons. The van der Waals surface area contributed by atoms with Crippen LogP contribution < -0.4 is 16.0 Å². The summed E-state index contributed by atoms with van der Waals surface area (Å²) < 4.78 is 0. The van der Waals surface area contributed by atoms with Crippen molar-refractivity contribution in [2.24, 2.45) is 5.73 Å². The van der Waals surface area contributed by atoms with Gasteiger partial charge in [-0.2, -0.15) is 0 Å². The van der Waals surface area contributed by atoms with E-state index < -0.39 is 4.92 Å². The normalized spacial score (nSPS) is 14.9. The van der Waals surface area contributed by atoms with Crippen molar-refractivity contribution in [2.75, 3.05) is 24.5 Å². The molecule has 0 atom stereocenters. The van der Waals surface area contributed by atoms with Crippen LogP contribution in [0, 0.1) is 10.1 Å². The van der Waals surface area contributed by atoms with Gasteiger partial charge in [-0.25, -0.2) is 0 Å². The molecule has 0 aromatic heterocycles. The molecule has 1 aliphatic rings. The van der Waals surface area contributed by atoms with E-state index in [0.717, 1.165) is 0 Å². The van der Waals surface area contributed by atoms with E-state index in [0.29, 0.717) is 30.9 Å². The number of carbonyl (C=O) groups excluding carboxylic acids is 1. The van der Waals surface area contributed by atoms with Crippen LogP contribution in [0.4, 0.5) is 11.4 Å². The Bertz CT molecular complexity index is 512. The minimum Gasteiger partial charge on any atom is -0.363 e. The van der Waals surface area contributed by atoms with Gasteiger partial charge in [0.2, 0.25) is 0 Å². The SMILES string of the molecule is CCNC(=O)c1ccc([N+](=O)[O-])c(N2CC(N)C2)c1. The van der Waals surface area contributed by atoms with Crippen LogP contribution >= 0.6 is 0 Å². The molecule has 1 amide bonds. The third-order valence-corrected chi connectivity index (χ3v) is 3.02. The summed E-state index contributed by atoms with van der Waals surface area (Å²) in [5, 5.41) is 13.7. The Morgan fingerprint density at radius 1 is 1.58 bits per heavy atom. The highest BCUT2D eigenvalue weighted by Gasteiger charge is 2.29. The van der Waals surface area contributed by atoms with Crippen molar-refractivity contribution in [3.05, 3.63) is 33.9 Å². The Kier molecular flexibility index (Phi) is 3.66. The fourth-order valence-corrected chi connectivity index (χ4v) is 2.04. The fraction of sp³-hybridized carbons (Fsp3) is 0.417. The fourth-order valence-electron chi connectivity index (χ4n) is 2.04. The molecule has 1 aromatic carbocycles. The minimum atomic E-state index is -0.444. The van der Waals surface area contributed by atoms with Crippen LogP contribution in [0.15, 0.2) is 18.2 Å². The number of benzene rings is 1. The third kappa shape index (κ3) is 2.65. The highest BCUT2D eigenvalue weighted by molar-refractivity contribution is 5.96. The van der Waals surface area contributed by atoms with Gasteiger partial charge in [-0.05, 0) is 19.1 Å². The maximum absolute atomic E-state index is 11.7. The van der Waals surface area contributed by atoms with E-state index in [1.165, 1.54) is 12.1 Å². The number of rotatable bonds is 4. The lowest BCUT2D eigenvalue weighted by molar-refractivity contribution is -0.384. The number of amides is 1. The third-order valence-electron chi connectivity index (χ3n) is 3.02. The molecule has 19 heavy (non-hydrogen) atoms. The first-order valence-electron chi connectivity index (χ1n) is 6.10. The summed E-state index contributed by atoms with van der Waals surface area (Å²) in [5.41, 5.74) is 6.56. The molecule has 7 nitrogen and oxygen atoms in total. The van der Waals surface area contributed by atoms with E-state index in [2.05, 4.69) is 5.32 Å². The number of hydrogen-bond acceptors (Lipinski definition) is 5. The topological polar surface area (TPSA) is 101 Å². The number of hydrogen-bond donors (Lipinski definition) is 2. The summed E-state index contributed by atoms with van der Waals surface area (Å²) in [6.45, 7) is 3.47. The number of nitro benzene ring substituents is 1. The van der Waals surface area contributed by atoms with Gasteiger partial charge >= 0.3 is 0 Å². The molecule has 7 heteroatoms. The molecule has 102 valence electrons. The maximum atomic E-state index is 11.7. The van der Waals surface area contributed by atoms with Gasteiger partial charge in [-0.3, -0.25) is 14.9 Å². The van der Waals surface area contributed by atoms with Crippen molar-refractivity contribution in [1.82, 2.24) is 5.32 Å². The number of anilines is 1. The van der Waals surface area contributed by atoms with Crippen molar-refractivity contribution in [1.29, 1.82) is 0 Å². The lowest BCUT2D eigenvalue weighted by Gasteiger charge is -2.38. The number of nitrogens with two attached hydrogens (primary N) is 1. The molecule has 1 fully saturated rings. The molecule has 0 saturated carbocycles. The molecule has 1 aromatic rings. The van der Waals surface area contributed by atoms with Crippen molar-refractivity contribution >= 4 is 17.3 Å². The van der Waals surface area contributed by atoms with E-state index in [9.17, 15) is 14.9 Å². The van der Waals surface area contributed by atoms with Gasteiger partial charge in [0.25, 0.3) is 11.6 Å². The Hall–Kier alpha value is -2.15. The van der Waals surface area contributed by atoms with Crippen LogP contribution in [-0.4, -0.2) is 36.5 Å². The monoisotopic (exact) mass is 264 g/mol. The number of nitrogens with one attached hydrogen (secondary N) is 1. The Morgan fingerprint density at radius 3 is 2.79 bits per heavy atom. The van der Waals surface area contributed by atoms with Crippen LogP contribution in [0.2, 0.25) is 0 Å². The zero-order chi connectivity index (χ0) is 14.0. The largest absolute Gasteiger partial charge is 0.363 e. The molecular formula is C12H16N4O3. The second-order valence-electron chi connectivity index (χ2n) is 4.49. The number of nitro groups is 1. The highest BCUT2D eigenvalue weighted by Crippen LogP contribution is 2.31. The first kappa shape index (κ1) is 13.3. The summed E-state index contributed by atoms with van der Waals surface area (Å²) in [6.07, 6.45) is 0. The van der Waals surface area contributed by atoms with Gasteiger partial charge in [-0.1, -0.05) is 0 Å². The van der Waals surface area contributed by atoms with Crippen LogP contribution in [-0.2, 0) is 0 Å². The summed E-state index contributed by atoms with van der Waals surface area (Å²) in [5.74, 6) is -0.233. The average Bonchev–Trinajstić information content (AvgIpc) is 2.34. The first-order valence-corrected chi connectivity index (χ1v) is 6.10. The van der Waals surface area contributed by atoms with E-state index in [-0.39, 0.29) is 17.6 Å². The Labute approximate surface area is 110 Å². The summed E-state index contributed by atoms with van der Waals surface area (Å²) in [6, 6.07) is 4.41. The maximum Gasteiger partial charge on any atom is 0.292 e. The van der Waals surface area contributed by atoms with Crippen molar-refractivity contribution in [3.63, 3.8) is 0 Å². The second kappa shape index (κ2) is 5.23.